The Balaban J connectivity index is 1.96. The molecular weight excluding hydrogens is 292 g/mol. The van der Waals surface area contributed by atoms with Crippen LogP contribution < -0.4 is 10.5 Å². The maximum Gasteiger partial charge on any atom is 0.120 e. The van der Waals surface area contributed by atoms with Crippen LogP contribution in [0.3, 0.4) is 0 Å². The van der Waals surface area contributed by atoms with E-state index < -0.39 is 0 Å². The Morgan fingerprint density at radius 2 is 2.00 bits per heavy atom. The van der Waals surface area contributed by atoms with E-state index in [9.17, 15) is 0 Å². The molecule has 1 aromatic heterocycles. The minimum Gasteiger partial charge on any atom is -0.497 e. The summed E-state index contributed by atoms with van der Waals surface area (Å²) < 4.78 is 5.27. The van der Waals surface area contributed by atoms with Crippen molar-refractivity contribution in [3.8, 4) is 5.75 Å². The third kappa shape index (κ3) is 2.98. The van der Waals surface area contributed by atoms with Gasteiger partial charge in [0.15, 0.2) is 0 Å². The maximum atomic E-state index is 5.75. The number of nitrogens with one attached hydrogen (secondary N) is 1. The van der Waals surface area contributed by atoms with Gasteiger partial charge in [0.25, 0.3) is 0 Å². The molecule has 0 atom stereocenters. The van der Waals surface area contributed by atoms with Crippen molar-refractivity contribution in [1.29, 1.82) is 0 Å². The van der Waals surface area contributed by atoms with Crippen LogP contribution in [0.25, 0.3) is 10.9 Å². The zero-order valence-corrected chi connectivity index (χ0v) is 13.7. The Bertz CT molecular complexity index is 795. The first-order valence-corrected chi connectivity index (χ1v) is 8.15. The summed E-state index contributed by atoms with van der Waals surface area (Å²) >= 11 is 1.78. The molecule has 0 spiro atoms. The maximum absolute atomic E-state index is 5.75. The standard InChI is InChI=1S/C18H20N2OS/c1-12-3-6-17(13(9-12)7-8-19)22-18-11-20-16-10-14(21-2)4-5-15(16)18/h3-6,9-11,20H,7-8,19H2,1-2H3. The number of benzene rings is 2. The van der Waals surface area contributed by atoms with E-state index in [4.69, 9.17) is 10.5 Å². The van der Waals surface area contributed by atoms with Crippen molar-refractivity contribution >= 4 is 22.7 Å². The Morgan fingerprint density at radius 1 is 1.14 bits per heavy atom. The van der Waals surface area contributed by atoms with Gasteiger partial charge in [-0.1, -0.05) is 29.5 Å². The minimum atomic E-state index is 0.669. The Morgan fingerprint density at radius 3 is 2.77 bits per heavy atom. The molecule has 0 aliphatic heterocycles. The van der Waals surface area contributed by atoms with Crippen LogP contribution in [0.2, 0.25) is 0 Å². The van der Waals surface area contributed by atoms with Gasteiger partial charge in [0, 0.05) is 27.4 Å². The van der Waals surface area contributed by atoms with E-state index in [1.54, 1.807) is 18.9 Å². The van der Waals surface area contributed by atoms with Gasteiger partial charge in [-0.2, -0.15) is 0 Å². The molecule has 0 radical (unpaired) electrons. The first-order chi connectivity index (χ1) is 10.7. The quantitative estimate of drug-likeness (QED) is 0.744. The van der Waals surface area contributed by atoms with Crippen LogP contribution in [0.1, 0.15) is 11.1 Å². The van der Waals surface area contributed by atoms with Crippen LogP contribution in [0.4, 0.5) is 0 Å². The van der Waals surface area contributed by atoms with E-state index in [0.717, 1.165) is 17.7 Å². The van der Waals surface area contributed by atoms with E-state index in [-0.39, 0.29) is 0 Å². The third-order valence-corrected chi connectivity index (χ3v) is 4.88. The van der Waals surface area contributed by atoms with Gasteiger partial charge in [0.2, 0.25) is 0 Å². The van der Waals surface area contributed by atoms with Gasteiger partial charge in [-0.25, -0.2) is 0 Å². The molecular formula is C18H20N2OS. The van der Waals surface area contributed by atoms with E-state index >= 15 is 0 Å². The number of H-pyrrole nitrogens is 1. The van der Waals surface area contributed by atoms with Crippen molar-refractivity contribution in [2.75, 3.05) is 13.7 Å². The Labute approximate surface area is 134 Å². The number of nitrogens with two attached hydrogens (primary N) is 1. The van der Waals surface area contributed by atoms with E-state index in [1.165, 1.54) is 26.3 Å². The van der Waals surface area contributed by atoms with Crippen molar-refractivity contribution in [2.45, 2.75) is 23.1 Å². The second-order valence-corrected chi connectivity index (χ2v) is 6.40. The SMILES string of the molecule is COc1ccc2c(Sc3ccc(C)cc3CCN)c[nH]c2c1. The summed E-state index contributed by atoms with van der Waals surface area (Å²) in [6.07, 6.45) is 2.96. The molecule has 0 amide bonds. The molecule has 114 valence electrons. The number of hydrogen-bond acceptors (Lipinski definition) is 3. The number of aromatic nitrogens is 1. The number of hydrogen-bond donors (Lipinski definition) is 2. The van der Waals surface area contributed by atoms with Gasteiger partial charge in [0.05, 0.1) is 12.6 Å². The average Bonchev–Trinajstić information content (AvgIpc) is 2.92. The number of aryl methyl sites for hydroxylation is 1. The molecule has 2 aromatic carbocycles. The average molecular weight is 312 g/mol. The lowest BCUT2D eigenvalue weighted by atomic mass is 10.1. The molecule has 4 heteroatoms. The molecule has 0 fully saturated rings. The topological polar surface area (TPSA) is 51.0 Å². The van der Waals surface area contributed by atoms with Crippen molar-refractivity contribution in [3.63, 3.8) is 0 Å². The van der Waals surface area contributed by atoms with Crippen molar-refractivity contribution < 1.29 is 4.74 Å². The highest BCUT2D eigenvalue weighted by Crippen LogP contribution is 2.36. The van der Waals surface area contributed by atoms with E-state index in [2.05, 4.69) is 42.4 Å². The molecule has 0 aliphatic carbocycles. The fourth-order valence-electron chi connectivity index (χ4n) is 2.57. The molecule has 3 N–H and O–H groups in total. The largest absolute Gasteiger partial charge is 0.497 e. The first kappa shape index (κ1) is 15.0. The third-order valence-electron chi connectivity index (χ3n) is 3.70. The summed E-state index contributed by atoms with van der Waals surface area (Å²) in [4.78, 5) is 5.81. The number of methoxy groups -OCH3 is 1. The van der Waals surface area contributed by atoms with Crippen LogP contribution in [-0.2, 0) is 6.42 Å². The molecule has 22 heavy (non-hydrogen) atoms. The van der Waals surface area contributed by atoms with Crippen LogP contribution >= 0.6 is 11.8 Å². The Hall–Kier alpha value is -1.91. The molecule has 0 unspecified atom stereocenters. The number of rotatable bonds is 5. The molecule has 3 aromatic rings. The summed E-state index contributed by atoms with van der Waals surface area (Å²) in [5, 5.41) is 1.21. The molecule has 0 saturated carbocycles. The predicted molar refractivity (Wildman–Crippen MR) is 92.9 cm³/mol. The smallest absolute Gasteiger partial charge is 0.120 e. The van der Waals surface area contributed by atoms with Crippen molar-refractivity contribution in [1.82, 2.24) is 4.98 Å². The summed E-state index contributed by atoms with van der Waals surface area (Å²) in [6, 6.07) is 12.7. The van der Waals surface area contributed by atoms with Crippen LogP contribution in [-0.4, -0.2) is 18.6 Å². The fraction of sp³-hybridized carbons (Fsp3) is 0.222. The Kier molecular flexibility index (Phi) is 4.41. The van der Waals surface area contributed by atoms with Crippen LogP contribution in [0.15, 0.2) is 52.4 Å². The summed E-state index contributed by atoms with van der Waals surface area (Å²) in [7, 11) is 1.69. The minimum absolute atomic E-state index is 0.669. The number of aromatic amines is 1. The molecule has 0 saturated heterocycles. The van der Waals surface area contributed by atoms with E-state index in [0.29, 0.717) is 6.54 Å². The van der Waals surface area contributed by atoms with Gasteiger partial charge in [-0.3, -0.25) is 0 Å². The van der Waals surface area contributed by atoms with Crippen LogP contribution in [0.5, 0.6) is 5.75 Å². The summed E-state index contributed by atoms with van der Waals surface area (Å²) in [6.45, 7) is 2.79. The zero-order chi connectivity index (χ0) is 15.5. The lowest BCUT2D eigenvalue weighted by Gasteiger charge is -2.09. The lowest BCUT2D eigenvalue weighted by Crippen LogP contribution is -2.03. The van der Waals surface area contributed by atoms with Gasteiger partial charge in [-0.15, -0.1) is 0 Å². The van der Waals surface area contributed by atoms with Gasteiger partial charge >= 0.3 is 0 Å². The molecule has 0 aliphatic rings. The monoisotopic (exact) mass is 312 g/mol. The highest BCUT2D eigenvalue weighted by Gasteiger charge is 2.09. The molecule has 1 heterocycles. The second-order valence-electron chi connectivity index (χ2n) is 5.32. The normalized spacial score (nSPS) is 11.0. The highest BCUT2D eigenvalue weighted by molar-refractivity contribution is 7.99. The molecule has 0 bridgehead atoms. The highest BCUT2D eigenvalue weighted by atomic mass is 32.2. The zero-order valence-electron chi connectivity index (χ0n) is 12.8. The summed E-state index contributed by atoms with van der Waals surface area (Å²) in [5.74, 6) is 0.866. The fourth-order valence-corrected chi connectivity index (χ4v) is 3.64. The lowest BCUT2D eigenvalue weighted by molar-refractivity contribution is 0.415. The van der Waals surface area contributed by atoms with Crippen molar-refractivity contribution in [3.05, 3.63) is 53.7 Å². The van der Waals surface area contributed by atoms with Gasteiger partial charge in [-0.05, 0) is 43.7 Å². The van der Waals surface area contributed by atoms with Gasteiger partial charge in [0.1, 0.15) is 5.75 Å². The summed E-state index contributed by atoms with van der Waals surface area (Å²) in [5.41, 5.74) is 9.43. The second kappa shape index (κ2) is 6.46. The number of ether oxygens (including phenoxy) is 1. The predicted octanol–water partition coefficient (Wildman–Crippen LogP) is 4.14. The van der Waals surface area contributed by atoms with Crippen molar-refractivity contribution in [2.24, 2.45) is 5.73 Å². The number of fused-ring (bicyclic) bond motifs is 1. The van der Waals surface area contributed by atoms with Gasteiger partial charge < -0.3 is 15.5 Å². The van der Waals surface area contributed by atoms with E-state index in [1.807, 2.05) is 12.1 Å². The van der Waals surface area contributed by atoms with Crippen LogP contribution in [0, 0.1) is 6.92 Å². The molecule has 3 nitrogen and oxygen atoms in total. The first-order valence-electron chi connectivity index (χ1n) is 7.34. The molecule has 3 rings (SSSR count).